The second-order valence-corrected chi connectivity index (χ2v) is 21.2. The van der Waals surface area contributed by atoms with Crippen molar-refractivity contribution in [3.8, 4) is 11.1 Å². The van der Waals surface area contributed by atoms with Gasteiger partial charge in [-0.3, -0.25) is 0 Å². The van der Waals surface area contributed by atoms with Gasteiger partial charge in [-0.25, -0.2) is 0 Å². The molecule has 0 unspecified atom stereocenters. The van der Waals surface area contributed by atoms with Crippen LogP contribution < -0.4 is 21.6 Å². The highest BCUT2D eigenvalue weighted by atomic mass is 15.2. The van der Waals surface area contributed by atoms with Crippen molar-refractivity contribution in [2.45, 2.75) is 52.4 Å². The van der Waals surface area contributed by atoms with Crippen molar-refractivity contribution in [2.75, 3.05) is 10.6 Å². The lowest BCUT2D eigenvalue weighted by atomic mass is 9.45. The van der Waals surface area contributed by atoms with E-state index in [4.69, 9.17) is 5.73 Å². The van der Waals surface area contributed by atoms with Gasteiger partial charge in [0.25, 0.3) is 0 Å². The highest BCUT2D eigenvalue weighted by Gasteiger charge is 2.44. The van der Waals surface area contributed by atoms with Crippen LogP contribution in [0.3, 0.4) is 0 Å². The Hall–Kier alpha value is -7.56. The van der Waals surface area contributed by atoms with Gasteiger partial charge in [0.05, 0.1) is 0 Å². The van der Waals surface area contributed by atoms with Crippen molar-refractivity contribution in [3.63, 3.8) is 0 Å². The summed E-state index contributed by atoms with van der Waals surface area (Å²) < 4.78 is 2.71. The molecule has 66 heavy (non-hydrogen) atoms. The van der Waals surface area contributed by atoms with Crippen LogP contribution in [-0.4, -0.2) is 11.3 Å². The number of fused-ring (bicyclic) bond motifs is 18. The summed E-state index contributed by atoms with van der Waals surface area (Å²) in [5.74, 6) is 0. The number of hydrogen-bond acceptors (Lipinski definition) is 2. The van der Waals surface area contributed by atoms with Crippen LogP contribution in [0.25, 0.3) is 97.6 Å². The molecular formula is C62H48BN3. The lowest BCUT2D eigenvalue weighted by Gasteiger charge is -2.41. The monoisotopic (exact) mass is 845 g/mol. The summed E-state index contributed by atoms with van der Waals surface area (Å²) in [6.07, 6.45) is 0. The maximum atomic E-state index is 7.21. The Morgan fingerprint density at radius 1 is 0.424 bits per heavy atom. The predicted octanol–water partition coefficient (Wildman–Crippen LogP) is 15.3. The minimum absolute atomic E-state index is 0.0726. The quantitative estimate of drug-likeness (QED) is 0.0773. The van der Waals surface area contributed by atoms with Gasteiger partial charge < -0.3 is 15.1 Å². The molecule has 0 atom stereocenters. The Morgan fingerprint density at radius 3 is 1.59 bits per heavy atom. The fourth-order valence-electron chi connectivity index (χ4n) is 12.1. The smallest absolute Gasteiger partial charge is 0.333 e. The summed E-state index contributed by atoms with van der Waals surface area (Å²) >= 11 is 0. The molecule has 4 heteroatoms. The van der Waals surface area contributed by atoms with Gasteiger partial charge in [-0.15, -0.1) is 0 Å². The van der Waals surface area contributed by atoms with Crippen LogP contribution in [-0.2, 0) is 10.8 Å². The van der Waals surface area contributed by atoms with Gasteiger partial charge in [-0.2, -0.15) is 0 Å². The molecule has 3 heterocycles. The summed E-state index contributed by atoms with van der Waals surface area (Å²) in [6, 6.07) is 64.7. The number of anilines is 4. The second-order valence-electron chi connectivity index (χ2n) is 21.2. The molecule has 12 aromatic rings. The highest BCUT2D eigenvalue weighted by Crippen LogP contribution is 2.51. The van der Waals surface area contributed by atoms with Crippen molar-refractivity contribution in [1.29, 1.82) is 0 Å². The molecule has 0 saturated carbocycles. The predicted molar refractivity (Wildman–Crippen MR) is 287 cm³/mol. The second kappa shape index (κ2) is 12.8. The molecule has 2 aliphatic rings. The van der Waals surface area contributed by atoms with Gasteiger partial charge in [0, 0.05) is 50.1 Å². The third-order valence-electron chi connectivity index (χ3n) is 15.2. The van der Waals surface area contributed by atoms with Crippen LogP contribution >= 0.6 is 0 Å². The average molecular weight is 846 g/mol. The Labute approximate surface area is 384 Å². The van der Waals surface area contributed by atoms with Gasteiger partial charge in [-0.1, -0.05) is 157 Å². The molecule has 0 radical (unpaired) electrons. The number of benzene rings is 11. The molecule has 3 nitrogen and oxygen atoms in total. The Balaban J connectivity index is 1.18. The van der Waals surface area contributed by atoms with Gasteiger partial charge in [0.15, 0.2) is 0 Å². The summed E-state index contributed by atoms with van der Waals surface area (Å²) in [5.41, 5.74) is 21.5. The molecule has 2 aliphatic heterocycles. The van der Waals surface area contributed by atoms with Gasteiger partial charge in [0.1, 0.15) is 0 Å². The van der Waals surface area contributed by atoms with Crippen LogP contribution in [0.1, 0.15) is 52.7 Å². The molecule has 0 aliphatic carbocycles. The zero-order valence-electron chi connectivity index (χ0n) is 38.2. The molecule has 0 bridgehead atoms. The van der Waals surface area contributed by atoms with Crippen molar-refractivity contribution >= 4 is 127 Å². The van der Waals surface area contributed by atoms with Crippen molar-refractivity contribution in [3.05, 3.63) is 181 Å². The van der Waals surface area contributed by atoms with E-state index in [2.05, 4.69) is 221 Å². The Kier molecular flexibility index (Phi) is 7.34. The SMILES string of the molecule is CC(C)(C)c1cc(N2c3cc4cc5c6ccccc6c6ccccc6c5cc4cc3B3c4c(cc(N)cc42)-c2cc4ccccc4c4c5c6ccccc6ccc5n3c24)cc(C(C)(C)C)c1. The minimum atomic E-state index is -0.127. The standard InChI is InChI=1S/C62H48BN3/c1-61(2,3)39-30-40(62(4,5)6)32-42(31-39)65-55-29-38-27-50-48-22-14-12-20-46(48)45-19-11-13-21-47(45)49(50)26-37(38)28-53(55)63-59-51(33-41(64)34-56(59)65)52-25-36-16-8-10-18-44(36)58-57-43-17-9-7-15-35(43)23-24-54(57)66(63)60(52)58/h7-34H,64H2,1-6H3. The molecule has 0 amide bonds. The molecule has 0 saturated heterocycles. The van der Waals surface area contributed by atoms with Gasteiger partial charge >= 0.3 is 6.85 Å². The van der Waals surface area contributed by atoms with E-state index >= 15 is 0 Å². The van der Waals surface area contributed by atoms with E-state index in [0.717, 1.165) is 17.1 Å². The van der Waals surface area contributed by atoms with E-state index in [0.29, 0.717) is 0 Å². The number of nitrogens with zero attached hydrogens (tertiary/aromatic N) is 2. The summed E-state index contributed by atoms with van der Waals surface area (Å²) in [4.78, 5) is 2.57. The van der Waals surface area contributed by atoms with Crippen LogP contribution in [0.5, 0.6) is 0 Å². The first-order chi connectivity index (χ1) is 31.9. The molecule has 314 valence electrons. The summed E-state index contributed by atoms with van der Waals surface area (Å²) in [6.45, 7) is 13.9. The highest BCUT2D eigenvalue weighted by molar-refractivity contribution is 6.90. The van der Waals surface area contributed by atoms with E-state index in [1.165, 1.54) is 125 Å². The number of rotatable bonds is 1. The van der Waals surface area contributed by atoms with Crippen LogP contribution in [0.15, 0.2) is 170 Å². The molecule has 0 spiro atoms. The fourth-order valence-corrected chi connectivity index (χ4v) is 12.1. The summed E-state index contributed by atoms with van der Waals surface area (Å²) in [5, 5.41) is 17.8. The Morgan fingerprint density at radius 2 is 0.970 bits per heavy atom. The number of nitrogens with two attached hydrogens (primary N) is 1. The topological polar surface area (TPSA) is 34.2 Å². The average Bonchev–Trinajstić information content (AvgIpc) is 3.67. The first kappa shape index (κ1) is 37.8. The third-order valence-corrected chi connectivity index (χ3v) is 15.2. The molecule has 0 fully saturated rings. The normalized spacial score (nSPS) is 13.6. The third kappa shape index (κ3) is 5.05. The maximum absolute atomic E-state index is 7.21. The molecule has 1 aromatic heterocycles. The minimum Gasteiger partial charge on any atom is -0.399 e. The molecular weight excluding hydrogens is 798 g/mol. The largest absolute Gasteiger partial charge is 0.399 e. The van der Waals surface area contributed by atoms with Crippen molar-refractivity contribution in [1.82, 2.24) is 4.48 Å². The fraction of sp³-hybridized carbons (Fsp3) is 0.129. The lowest BCUT2D eigenvalue weighted by Crippen LogP contribution is -2.56. The number of hydrogen-bond donors (Lipinski definition) is 1. The van der Waals surface area contributed by atoms with Crippen LogP contribution in [0.4, 0.5) is 22.7 Å². The lowest BCUT2D eigenvalue weighted by molar-refractivity contribution is 0.569. The van der Waals surface area contributed by atoms with Crippen LogP contribution in [0, 0.1) is 0 Å². The molecule has 14 rings (SSSR count). The van der Waals surface area contributed by atoms with Crippen molar-refractivity contribution in [2.24, 2.45) is 0 Å². The number of nitrogen functional groups attached to an aromatic ring is 1. The van der Waals surface area contributed by atoms with Gasteiger partial charge in [0.2, 0.25) is 0 Å². The van der Waals surface area contributed by atoms with E-state index in [1.54, 1.807) is 0 Å². The summed E-state index contributed by atoms with van der Waals surface area (Å²) in [7, 11) is 0. The van der Waals surface area contributed by atoms with E-state index in [9.17, 15) is 0 Å². The van der Waals surface area contributed by atoms with E-state index < -0.39 is 0 Å². The Bertz CT molecular complexity index is 4130. The number of aromatic nitrogens is 1. The zero-order valence-corrected chi connectivity index (χ0v) is 38.2. The first-order valence-corrected chi connectivity index (χ1v) is 23.5. The first-order valence-electron chi connectivity index (χ1n) is 23.5. The van der Waals surface area contributed by atoms with Gasteiger partial charge in [-0.05, 0) is 158 Å². The maximum Gasteiger partial charge on any atom is 0.333 e. The van der Waals surface area contributed by atoms with Crippen molar-refractivity contribution < 1.29 is 0 Å². The molecule has 11 aromatic carbocycles. The molecule has 2 N–H and O–H groups in total. The van der Waals surface area contributed by atoms with Crippen LogP contribution in [0.2, 0.25) is 0 Å². The zero-order chi connectivity index (χ0) is 44.5. The van der Waals surface area contributed by atoms with E-state index in [1.807, 2.05) is 0 Å². The van der Waals surface area contributed by atoms with E-state index in [-0.39, 0.29) is 17.7 Å².